The number of nitrogen functional groups attached to an aromatic ring is 2. The predicted molar refractivity (Wildman–Crippen MR) is 99.8 cm³/mol. The molecule has 0 aliphatic heterocycles. The first kappa shape index (κ1) is 16.5. The Morgan fingerprint density at radius 1 is 1.33 bits per heavy atom. The standard InChI is InChI=1S/C15H9BrClN5OS/c16-6-1-5(2-7(17)3-6)9-8(4-18)13(20)22-15-10(9)11(19)12(24-15)14(21)23/h1-3H,19H2,(H2,20,22)(H2,21,23). The van der Waals surface area contributed by atoms with Crippen molar-refractivity contribution in [2.75, 3.05) is 11.5 Å². The van der Waals surface area contributed by atoms with Crippen LogP contribution >= 0.6 is 38.9 Å². The average Bonchev–Trinajstić information content (AvgIpc) is 2.81. The number of primary amides is 1. The van der Waals surface area contributed by atoms with Crippen LogP contribution in [0.3, 0.4) is 0 Å². The number of rotatable bonds is 2. The topological polar surface area (TPSA) is 132 Å². The third-order valence-corrected chi connectivity index (χ3v) is 5.18. The van der Waals surface area contributed by atoms with Gasteiger partial charge in [0.15, 0.2) is 0 Å². The van der Waals surface area contributed by atoms with E-state index in [4.69, 9.17) is 28.8 Å². The normalized spacial score (nSPS) is 10.7. The maximum absolute atomic E-state index is 11.6. The van der Waals surface area contributed by atoms with Crippen LogP contribution in [0.1, 0.15) is 15.2 Å². The maximum atomic E-state index is 11.6. The molecule has 0 saturated carbocycles. The fourth-order valence-corrected chi connectivity index (χ4v) is 4.28. The molecule has 24 heavy (non-hydrogen) atoms. The van der Waals surface area contributed by atoms with Gasteiger partial charge in [0.05, 0.1) is 5.69 Å². The number of pyridine rings is 1. The summed E-state index contributed by atoms with van der Waals surface area (Å²) in [5, 5.41) is 10.5. The quantitative estimate of drug-likeness (QED) is 0.581. The van der Waals surface area contributed by atoms with Gasteiger partial charge in [0.2, 0.25) is 0 Å². The van der Waals surface area contributed by atoms with Crippen molar-refractivity contribution in [1.29, 1.82) is 5.26 Å². The van der Waals surface area contributed by atoms with Gasteiger partial charge in [0.1, 0.15) is 27.2 Å². The van der Waals surface area contributed by atoms with E-state index in [9.17, 15) is 10.1 Å². The van der Waals surface area contributed by atoms with Gasteiger partial charge in [-0.3, -0.25) is 4.79 Å². The Labute approximate surface area is 154 Å². The third kappa shape index (κ3) is 2.57. The summed E-state index contributed by atoms with van der Waals surface area (Å²) in [5.74, 6) is -0.612. The van der Waals surface area contributed by atoms with Gasteiger partial charge in [-0.05, 0) is 23.8 Å². The van der Waals surface area contributed by atoms with Crippen molar-refractivity contribution < 1.29 is 4.79 Å². The minimum Gasteiger partial charge on any atom is -0.397 e. The van der Waals surface area contributed by atoms with Crippen molar-refractivity contribution in [2.45, 2.75) is 0 Å². The second-order valence-electron chi connectivity index (χ2n) is 4.91. The first-order chi connectivity index (χ1) is 11.3. The van der Waals surface area contributed by atoms with E-state index in [1.54, 1.807) is 18.2 Å². The highest BCUT2D eigenvalue weighted by molar-refractivity contribution is 9.10. The summed E-state index contributed by atoms with van der Waals surface area (Å²) in [6.07, 6.45) is 0. The number of fused-ring (bicyclic) bond motifs is 1. The highest BCUT2D eigenvalue weighted by Crippen LogP contribution is 2.43. The maximum Gasteiger partial charge on any atom is 0.260 e. The lowest BCUT2D eigenvalue weighted by atomic mass is 9.97. The SMILES string of the molecule is N#Cc1c(N)nc2sc(C(N)=O)c(N)c2c1-c1cc(Cl)cc(Br)c1. The van der Waals surface area contributed by atoms with Gasteiger partial charge in [-0.25, -0.2) is 4.98 Å². The minimum atomic E-state index is -0.661. The van der Waals surface area contributed by atoms with Crippen molar-refractivity contribution in [3.05, 3.63) is 38.1 Å². The number of aromatic nitrogens is 1. The summed E-state index contributed by atoms with van der Waals surface area (Å²) in [5.41, 5.74) is 18.8. The van der Waals surface area contributed by atoms with Crippen molar-refractivity contribution in [1.82, 2.24) is 4.98 Å². The van der Waals surface area contributed by atoms with Crippen LogP contribution in [0.25, 0.3) is 21.3 Å². The van der Waals surface area contributed by atoms with Crippen molar-refractivity contribution in [3.8, 4) is 17.2 Å². The van der Waals surface area contributed by atoms with Gasteiger partial charge >= 0.3 is 0 Å². The van der Waals surface area contributed by atoms with Crippen LogP contribution in [0.4, 0.5) is 11.5 Å². The lowest BCUT2D eigenvalue weighted by Gasteiger charge is -2.10. The van der Waals surface area contributed by atoms with Crippen molar-refractivity contribution >= 4 is 66.5 Å². The van der Waals surface area contributed by atoms with E-state index in [2.05, 4.69) is 20.9 Å². The zero-order chi connectivity index (χ0) is 17.6. The summed E-state index contributed by atoms with van der Waals surface area (Å²) in [6.45, 7) is 0. The summed E-state index contributed by atoms with van der Waals surface area (Å²) in [7, 11) is 0. The molecule has 0 spiro atoms. The number of hydrogen-bond acceptors (Lipinski definition) is 6. The minimum absolute atomic E-state index is 0.0494. The van der Waals surface area contributed by atoms with Crippen molar-refractivity contribution in [3.63, 3.8) is 0 Å². The molecule has 0 unspecified atom stereocenters. The van der Waals surface area contributed by atoms with Gasteiger partial charge in [-0.1, -0.05) is 27.5 Å². The molecule has 120 valence electrons. The first-order valence-electron chi connectivity index (χ1n) is 6.51. The van der Waals surface area contributed by atoms with E-state index in [0.717, 1.165) is 15.8 Å². The molecule has 0 bridgehead atoms. The molecule has 3 aromatic rings. The highest BCUT2D eigenvalue weighted by atomic mass is 79.9. The van der Waals surface area contributed by atoms with Gasteiger partial charge < -0.3 is 17.2 Å². The number of nitrogens with two attached hydrogens (primary N) is 3. The molecule has 0 aliphatic carbocycles. The Hall–Kier alpha value is -2.34. The van der Waals surface area contributed by atoms with Crippen LogP contribution in [0.2, 0.25) is 5.02 Å². The fourth-order valence-electron chi connectivity index (χ4n) is 2.45. The van der Waals surface area contributed by atoms with Crippen LogP contribution in [0, 0.1) is 11.3 Å². The van der Waals surface area contributed by atoms with Gasteiger partial charge in [0.25, 0.3) is 5.91 Å². The summed E-state index contributed by atoms with van der Waals surface area (Å²) >= 11 is 10.5. The van der Waals surface area contributed by atoms with Crippen molar-refractivity contribution in [2.24, 2.45) is 5.73 Å². The molecular formula is C15H9BrClN5OS. The average molecular weight is 423 g/mol. The van der Waals surface area contributed by atoms with E-state index in [-0.39, 0.29) is 21.9 Å². The fraction of sp³-hybridized carbons (Fsp3) is 0. The molecule has 0 fully saturated rings. The number of carbonyl (C=O) groups is 1. The summed E-state index contributed by atoms with van der Waals surface area (Å²) in [4.78, 5) is 16.4. The Morgan fingerprint density at radius 2 is 2.04 bits per heavy atom. The monoisotopic (exact) mass is 421 g/mol. The Bertz CT molecular complexity index is 1040. The molecule has 2 heterocycles. The Morgan fingerprint density at radius 3 is 2.62 bits per heavy atom. The van der Waals surface area contributed by atoms with E-state index < -0.39 is 5.91 Å². The molecular weight excluding hydrogens is 414 g/mol. The van der Waals surface area contributed by atoms with Gasteiger partial charge in [-0.2, -0.15) is 5.26 Å². The zero-order valence-corrected chi connectivity index (χ0v) is 15.1. The molecule has 0 aliphatic rings. The third-order valence-electron chi connectivity index (χ3n) is 3.39. The van der Waals surface area contributed by atoms with Crippen LogP contribution in [-0.2, 0) is 0 Å². The Kier molecular flexibility index (Phi) is 4.09. The molecule has 0 saturated heterocycles. The molecule has 2 aromatic heterocycles. The molecule has 0 radical (unpaired) electrons. The number of hydrogen-bond donors (Lipinski definition) is 3. The second kappa shape index (κ2) is 5.94. The number of thiophene rings is 1. The van der Waals surface area contributed by atoms with E-state index in [1.165, 1.54) is 0 Å². The lowest BCUT2D eigenvalue weighted by Crippen LogP contribution is -2.10. The second-order valence-corrected chi connectivity index (χ2v) is 7.26. The first-order valence-corrected chi connectivity index (χ1v) is 8.50. The number of amides is 1. The summed E-state index contributed by atoms with van der Waals surface area (Å²) < 4.78 is 0.723. The van der Waals surface area contributed by atoms with E-state index in [0.29, 0.717) is 26.4 Å². The van der Waals surface area contributed by atoms with Gasteiger partial charge in [-0.15, -0.1) is 11.3 Å². The summed E-state index contributed by atoms with van der Waals surface area (Å²) in [6, 6.07) is 7.22. The van der Waals surface area contributed by atoms with Crippen LogP contribution in [0.15, 0.2) is 22.7 Å². The van der Waals surface area contributed by atoms with Gasteiger partial charge in [0, 0.05) is 20.4 Å². The molecule has 6 N–H and O–H groups in total. The molecule has 0 atom stereocenters. The van der Waals surface area contributed by atoms with E-state index >= 15 is 0 Å². The number of anilines is 2. The smallest absolute Gasteiger partial charge is 0.260 e. The Balaban J connectivity index is 2.52. The lowest BCUT2D eigenvalue weighted by molar-refractivity contribution is 0.100. The molecule has 9 heteroatoms. The largest absolute Gasteiger partial charge is 0.397 e. The predicted octanol–water partition coefficient (Wildman–Crippen LogP) is 3.51. The van der Waals surface area contributed by atoms with Crippen LogP contribution < -0.4 is 17.2 Å². The number of halogens is 2. The molecule has 1 amide bonds. The number of benzene rings is 1. The number of nitrogens with zero attached hydrogens (tertiary/aromatic N) is 2. The number of nitriles is 1. The van der Waals surface area contributed by atoms with Crippen LogP contribution in [0.5, 0.6) is 0 Å². The van der Waals surface area contributed by atoms with E-state index in [1.807, 2.05) is 6.07 Å². The highest BCUT2D eigenvalue weighted by Gasteiger charge is 2.23. The zero-order valence-electron chi connectivity index (χ0n) is 11.9. The molecule has 1 aromatic carbocycles. The molecule has 3 rings (SSSR count). The van der Waals surface area contributed by atoms with Crippen LogP contribution in [-0.4, -0.2) is 10.9 Å². The molecule has 6 nitrogen and oxygen atoms in total. The number of carbonyl (C=O) groups excluding carboxylic acids is 1.